The van der Waals surface area contributed by atoms with E-state index in [4.69, 9.17) is 15.2 Å². The number of nitrogens with two attached hydrogens (primary N) is 1. The first-order chi connectivity index (χ1) is 13.6. The summed E-state index contributed by atoms with van der Waals surface area (Å²) < 4.78 is 50.6. The molecule has 0 spiro atoms. The quantitative estimate of drug-likeness (QED) is 0.761. The predicted molar refractivity (Wildman–Crippen MR) is 97.6 cm³/mol. The van der Waals surface area contributed by atoms with Crippen LogP contribution in [0.2, 0.25) is 0 Å². The Bertz CT molecular complexity index is 946. The van der Waals surface area contributed by atoms with Crippen LogP contribution in [0.1, 0.15) is 30.6 Å². The number of pyridine rings is 1. The number of hydrogen-bond acceptors (Lipinski definition) is 5. The molecule has 1 unspecified atom stereocenters. The van der Waals surface area contributed by atoms with Crippen molar-refractivity contribution >= 4 is 22.6 Å². The molecule has 2 amide bonds. The van der Waals surface area contributed by atoms with Gasteiger partial charge in [-0.1, -0.05) is 0 Å². The average molecular weight is 411 g/mol. The van der Waals surface area contributed by atoms with Crippen LogP contribution in [-0.2, 0) is 4.79 Å². The molecule has 7 nitrogen and oxygen atoms in total. The molecule has 2 aromatic rings. The van der Waals surface area contributed by atoms with Gasteiger partial charge in [0.05, 0.1) is 23.6 Å². The number of nitrogens with zero attached hydrogens (tertiary/aromatic N) is 1. The molecule has 3 rings (SSSR count). The Kier molecular flexibility index (Phi) is 5.54. The van der Waals surface area contributed by atoms with Gasteiger partial charge in [-0.15, -0.1) is 0 Å². The van der Waals surface area contributed by atoms with Gasteiger partial charge in [0.15, 0.2) is 0 Å². The van der Waals surface area contributed by atoms with Gasteiger partial charge in [0, 0.05) is 18.0 Å². The number of rotatable bonds is 6. The lowest BCUT2D eigenvalue weighted by molar-refractivity contribution is -0.178. The zero-order chi connectivity index (χ0) is 21.3. The molecule has 1 aromatic carbocycles. The van der Waals surface area contributed by atoms with Gasteiger partial charge >= 0.3 is 6.18 Å². The fourth-order valence-corrected chi connectivity index (χ4v) is 3.21. The van der Waals surface area contributed by atoms with Gasteiger partial charge < -0.3 is 20.5 Å². The first-order valence-corrected chi connectivity index (χ1v) is 8.94. The minimum Gasteiger partial charge on any atom is -0.490 e. The number of hydrogen-bond donors (Lipinski definition) is 2. The van der Waals surface area contributed by atoms with E-state index < -0.39 is 43.0 Å². The van der Waals surface area contributed by atoms with Gasteiger partial charge in [0.2, 0.25) is 11.8 Å². The van der Waals surface area contributed by atoms with E-state index >= 15 is 0 Å². The highest BCUT2D eigenvalue weighted by atomic mass is 19.4. The molecular weight excluding hydrogens is 391 g/mol. The fraction of sp³-hybridized carbons (Fsp3) is 0.421. The molecule has 2 heterocycles. The van der Waals surface area contributed by atoms with Crippen molar-refractivity contribution in [1.82, 2.24) is 10.3 Å². The molecular formula is C19H20F3N3O4. The molecule has 1 aliphatic heterocycles. The lowest BCUT2D eigenvalue weighted by Gasteiger charge is -2.21. The normalized spacial score (nSPS) is 19.4. The second-order valence-electron chi connectivity index (χ2n) is 7.05. The van der Waals surface area contributed by atoms with Crippen molar-refractivity contribution in [3.8, 4) is 11.6 Å². The van der Waals surface area contributed by atoms with E-state index in [9.17, 15) is 22.8 Å². The summed E-state index contributed by atoms with van der Waals surface area (Å²) in [6.07, 6.45) is -3.99. The van der Waals surface area contributed by atoms with Crippen LogP contribution in [0.25, 0.3) is 10.8 Å². The Morgan fingerprint density at radius 3 is 2.72 bits per heavy atom. The number of nitrogens with one attached hydrogen (secondary N) is 1. The Hall–Kier alpha value is -3.04. The van der Waals surface area contributed by atoms with Gasteiger partial charge in [0.25, 0.3) is 5.91 Å². The highest BCUT2D eigenvalue weighted by molar-refractivity contribution is 6.01. The monoisotopic (exact) mass is 411 g/mol. The smallest absolute Gasteiger partial charge is 0.394 e. The highest BCUT2D eigenvalue weighted by Crippen LogP contribution is 2.36. The molecule has 156 valence electrons. The molecule has 10 heteroatoms. The Morgan fingerprint density at radius 2 is 2.10 bits per heavy atom. The number of carbonyl (C=O) groups excluding carboxylic acids is 2. The summed E-state index contributed by atoms with van der Waals surface area (Å²) in [6.45, 7) is 3.14. The molecule has 1 aliphatic rings. The van der Waals surface area contributed by atoms with Gasteiger partial charge in [-0.05, 0) is 37.4 Å². The van der Waals surface area contributed by atoms with E-state index in [1.165, 1.54) is 18.3 Å². The van der Waals surface area contributed by atoms with E-state index in [0.717, 1.165) is 0 Å². The summed E-state index contributed by atoms with van der Waals surface area (Å²) in [6, 6.07) is 3.44. The number of halogens is 3. The van der Waals surface area contributed by atoms with Crippen LogP contribution >= 0.6 is 0 Å². The number of carbonyl (C=O) groups is 2. The van der Waals surface area contributed by atoms with Crippen LogP contribution in [0.3, 0.4) is 0 Å². The molecule has 0 bridgehead atoms. The van der Waals surface area contributed by atoms with Crippen LogP contribution < -0.4 is 20.5 Å². The number of fused-ring (bicyclic) bond motifs is 1. The van der Waals surface area contributed by atoms with E-state index in [-0.39, 0.29) is 23.3 Å². The molecule has 0 radical (unpaired) electrons. The van der Waals surface area contributed by atoms with Crippen molar-refractivity contribution < 1.29 is 32.2 Å². The largest absolute Gasteiger partial charge is 0.490 e. The van der Waals surface area contributed by atoms with Crippen LogP contribution in [0, 0.1) is 5.92 Å². The Balaban J connectivity index is 1.91. The SMILES string of the molecule is CC(C)Oc1cc2c(OC[C@H]3NC(=O)CC3C(F)(F)F)nccc2cc1C(N)=O. The highest BCUT2D eigenvalue weighted by Gasteiger charge is 2.50. The van der Waals surface area contributed by atoms with Crippen molar-refractivity contribution in [3.05, 3.63) is 30.0 Å². The Labute approximate surface area is 164 Å². The second-order valence-corrected chi connectivity index (χ2v) is 7.05. The van der Waals surface area contributed by atoms with E-state index in [2.05, 4.69) is 10.3 Å². The summed E-state index contributed by atoms with van der Waals surface area (Å²) in [7, 11) is 0. The average Bonchev–Trinajstić information content (AvgIpc) is 3.00. The maximum atomic E-state index is 13.1. The summed E-state index contributed by atoms with van der Waals surface area (Å²) in [5.74, 6) is -2.89. The summed E-state index contributed by atoms with van der Waals surface area (Å²) in [5.41, 5.74) is 5.59. The van der Waals surface area contributed by atoms with Crippen molar-refractivity contribution in [1.29, 1.82) is 0 Å². The first-order valence-electron chi connectivity index (χ1n) is 8.94. The first kappa shape index (κ1) is 20.7. The van der Waals surface area contributed by atoms with Crippen LogP contribution in [0.5, 0.6) is 11.6 Å². The predicted octanol–water partition coefficient (Wildman–Crippen LogP) is 2.57. The lowest BCUT2D eigenvalue weighted by atomic mass is 10.0. The number of aromatic nitrogens is 1. The van der Waals surface area contributed by atoms with Crippen molar-refractivity contribution in [3.63, 3.8) is 0 Å². The molecule has 2 atom stereocenters. The minimum atomic E-state index is -4.52. The summed E-state index contributed by atoms with van der Waals surface area (Å²) in [4.78, 5) is 27.3. The third-order valence-electron chi connectivity index (χ3n) is 4.51. The number of ether oxygens (including phenoxy) is 2. The van der Waals surface area contributed by atoms with Crippen molar-refractivity contribution in [2.75, 3.05) is 6.61 Å². The maximum absolute atomic E-state index is 13.1. The van der Waals surface area contributed by atoms with Crippen LogP contribution in [0.15, 0.2) is 24.4 Å². The second kappa shape index (κ2) is 7.76. The molecule has 3 N–H and O–H groups in total. The van der Waals surface area contributed by atoms with E-state index in [1.54, 1.807) is 19.9 Å². The minimum absolute atomic E-state index is 0.0641. The third kappa shape index (κ3) is 4.52. The van der Waals surface area contributed by atoms with E-state index in [1.807, 2.05) is 0 Å². The fourth-order valence-electron chi connectivity index (χ4n) is 3.21. The number of primary amides is 1. The molecule has 1 aromatic heterocycles. The number of alkyl halides is 3. The lowest BCUT2D eigenvalue weighted by Crippen LogP contribution is -2.40. The topological polar surface area (TPSA) is 104 Å². The summed E-state index contributed by atoms with van der Waals surface area (Å²) >= 11 is 0. The molecule has 1 fully saturated rings. The van der Waals surface area contributed by atoms with Crippen molar-refractivity contribution in [2.45, 2.75) is 38.6 Å². The van der Waals surface area contributed by atoms with Gasteiger partial charge in [-0.25, -0.2) is 4.98 Å². The van der Waals surface area contributed by atoms with Crippen LogP contribution in [0.4, 0.5) is 13.2 Å². The zero-order valence-corrected chi connectivity index (χ0v) is 15.7. The number of benzene rings is 1. The standard InChI is InChI=1S/C19H20F3N3O4/c1-9(2)29-15-6-11-10(5-12(15)17(23)27)3-4-24-18(11)28-8-14-13(19(20,21)22)7-16(26)25-14/h3-6,9,13-14H,7-8H2,1-2H3,(H2,23,27)(H,25,26)/t13?,14-/m1/s1. The maximum Gasteiger partial charge on any atom is 0.394 e. The molecule has 0 saturated carbocycles. The molecule has 0 aliphatic carbocycles. The van der Waals surface area contributed by atoms with Crippen molar-refractivity contribution in [2.24, 2.45) is 11.7 Å². The van der Waals surface area contributed by atoms with Gasteiger partial charge in [0.1, 0.15) is 12.4 Å². The summed E-state index contributed by atoms with van der Waals surface area (Å²) in [5, 5.41) is 3.30. The van der Waals surface area contributed by atoms with Crippen LogP contribution in [-0.4, -0.2) is 41.7 Å². The zero-order valence-electron chi connectivity index (χ0n) is 15.7. The Morgan fingerprint density at radius 1 is 1.38 bits per heavy atom. The van der Waals surface area contributed by atoms with E-state index in [0.29, 0.717) is 10.8 Å². The number of amides is 2. The molecule has 29 heavy (non-hydrogen) atoms. The van der Waals surface area contributed by atoms with Gasteiger partial charge in [-0.3, -0.25) is 9.59 Å². The molecule has 1 saturated heterocycles. The third-order valence-corrected chi connectivity index (χ3v) is 4.51. The van der Waals surface area contributed by atoms with Gasteiger partial charge in [-0.2, -0.15) is 13.2 Å².